The number of amides is 1. The molecule has 0 radical (unpaired) electrons. The van der Waals surface area contributed by atoms with Crippen LogP contribution in [-0.4, -0.2) is 82.3 Å². The van der Waals surface area contributed by atoms with Gasteiger partial charge in [0.2, 0.25) is 5.91 Å². The second-order valence-electron chi connectivity index (χ2n) is 6.00. The zero-order valence-corrected chi connectivity index (χ0v) is 12.0. The van der Waals surface area contributed by atoms with Crippen molar-refractivity contribution in [2.24, 2.45) is 0 Å². The first-order chi connectivity index (χ1) is 9.34. The molecule has 0 aliphatic carbocycles. The third kappa shape index (κ3) is 2.79. The topological polar surface area (TPSA) is 93.1 Å². The highest BCUT2D eigenvalue weighted by atomic mass is 16.4. The number of hydrogen-bond donors (Lipinski definition) is 3. The number of rotatable bonds is 3. The van der Waals surface area contributed by atoms with Crippen LogP contribution in [0.5, 0.6) is 0 Å². The van der Waals surface area contributed by atoms with Crippen LogP contribution in [0.2, 0.25) is 0 Å². The number of aliphatic carboxylic acids is 1. The number of carboxylic acid groups (broad SMARTS) is 1. The van der Waals surface area contributed by atoms with Crippen molar-refractivity contribution >= 4 is 11.9 Å². The number of nitrogens with one attached hydrogen (secondary N) is 1. The molecule has 2 aliphatic heterocycles. The van der Waals surface area contributed by atoms with Crippen molar-refractivity contribution in [2.45, 2.75) is 38.0 Å². The lowest BCUT2D eigenvalue weighted by molar-refractivity contribution is -0.153. The minimum atomic E-state index is -1.05. The molecule has 7 heteroatoms. The summed E-state index contributed by atoms with van der Waals surface area (Å²) in [7, 11) is 0. The molecule has 7 nitrogen and oxygen atoms in total. The van der Waals surface area contributed by atoms with Crippen LogP contribution in [0.3, 0.4) is 0 Å². The average molecular weight is 285 g/mol. The van der Waals surface area contributed by atoms with E-state index in [1.165, 1.54) is 4.90 Å². The van der Waals surface area contributed by atoms with Crippen molar-refractivity contribution in [1.82, 2.24) is 15.1 Å². The van der Waals surface area contributed by atoms with E-state index >= 15 is 0 Å². The number of carbonyl (C=O) groups excluding carboxylic acids is 1. The predicted molar refractivity (Wildman–Crippen MR) is 72.3 cm³/mol. The zero-order valence-electron chi connectivity index (χ0n) is 12.0. The molecule has 3 N–H and O–H groups in total. The van der Waals surface area contributed by atoms with Gasteiger partial charge in [-0.1, -0.05) is 0 Å². The Kier molecular flexibility index (Phi) is 4.31. The molecule has 1 amide bonds. The molecule has 114 valence electrons. The monoisotopic (exact) mass is 285 g/mol. The Hall–Kier alpha value is -1.18. The molecule has 0 aromatic carbocycles. The van der Waals surface area contributed by atoms with Crippen molar-refractivity contribution < 1.29 is 19.8 Å². The van der Waals surface area contributed by atoms with Crippen LogP contribution in [0.4, 0.5) is 0 Å². The molecule has 0 aromatic rings. The van der Waals surface area contributed by atoms with E-state index in [4.69, 9.17) is 0 Å². The maximum Gasteiger partial charge on any atom is 0.326 e. The van der Waals surface area contributed by atoms with Gasteiger partial charge in [0.05, 0.1) is 11.6 Å². The number of nitrogens with zero attached hydrogens (tertiary/aromatic N) is 2. The highest BCUT2D eigenvalue weighted by Crippen LogP contribution is 2.25. The average Bonchev–Trinajstić information content (AvgIpc) is 2.81. The van der Waals surface area contributed by atoms with Gasteiger partial charge < -0.3 is 20.4 Å². The van der Waals surface area contributed by atoms with Crippen LogP contribution < -0.4 is 5.32 Å². The Balaban J connectivity index is 2.14. The Morgan fingerprint density at radius 3 is 2.40 bits per heavy atom. The number of aliphatic hydroxyl groups excluding tert-OH is 1. The van der Waals surface area contributed by atoms with Crippen molar-refractivity contribution in [3.05, 3.63) is 0 Å². The molecular formula is C13H23N3O4. The van der Waals surface area contributed by atoms with E-state index in [0.29, 0.717) is 0 Å². The highest BCUT2D eigenvalue weighted by molar-refractivity contribution is 5.90. The summed E-state index contributed by atoms with van der Waals surface area (Å²) in [5.41, 5.74) is -0.750. The minimum Gasteiger partial charge on any atom is -0.480 e. The molecule has 2 atom stereocenters. The second-order valence-corrected chi connectivity index (χ2v) is 6.00. The number of aliphatic hydroxyl groups is 1. The lowest BCUT2D eigenvalue weighted by atomic mass is 9.99. The van der Waals surface area contributed by atoms with E-state index in [9.17, 15) is 19.8 Å². The van der Waals surface area contributed by atoms with Crippen molar-refractivity contribution in [3.63, 3.8) is 0 Å². The van der Waals surface area contributed by atoms with Crippen LogP contribution in [0, 0.1) is 0 Å². The van der Waals surface area contributed by atoms with Gasteiger partial charge in [-0.15, -0.1) is 0 Å². The molecule has 20 heavy (non-hydrogen) atoms. The maximum atomic E-state index is 12.7. The molecule has 2 rings (SSSR count). The number of carboxylic acids is 1. The first-order valence-electron chi connectivity index (χ1n) is 7.01. The largest absolute Gasteiger partial charge is 0.480 e. The van der Waals surface area contributed by atoms with E-state index in [-0.39, 0.29) is 18.9 Å². The summed E-state index contributed by atoms with van der Waals surface area (Å²) in [6.45, 7) is 6.91. The first kappa shape index (κ1) is 15.2. The molecule has 2 fully saturated rings. The molecule has 0 aromatic heterocycles. The van der Waals surface area contributed by atoms with E-state index in [1.807, 2.05) is 13.8 Å². The van der Waals surface area contributed by atoms with Crippen LogP contribution in [0.15, 0.2) is 0 Å². The third-order valence-electron chi connectivity index (χ3n) is 4.26. The summed E-state index contributed by atoms with van der Waals surface area (Å²) in [6.07, 6.45) is -0.641. The SMILES string of the molecule is CC(C)(C(=O)N1CC(O)C[C@H]1C(=O)O)N1CCNCC1. The van der Waals surface area contributed by atoms with Gasteiger partial charge in [0.25, 0.3) is 0 Å². The summed E-state index contributed by atoms with van der Waals surface area (Å²) < 4.78 is 0. The predicted octanol–water partition coefficient (Wildman–Crippen LogP) is -1.28. The lowest BCUT2D eigenvalue weighted by Gasteiger charge is -2.42. The fourth-order valence-electron chi connectivity index (χ4n) is 2.98. The van der Waals surface area contributed by atoms with Gasteiger partial charge in [0.1, 0.15) is 6.04 Å². The molecule has 2 saturated heterocycles. The minimum absolute atomic E-state index is 0.103. The number of hydrogen-bond acceptors (Lipinski definition) is 5. The van der Waals surface area contributed by atoms with Gasteiger partial charge in [-0.05, 0) is 13.8 Å². The molecule has 0 saturated carbocycles. The second kappa shape index (κ2) is 5.67. The van der Waals surface area contributed by atoms with Crippen molar-refractivity contribution in [3.8, 4) is 0 Å². The normalized spacial score (nSPS) is 28.6. The number of likely N-dealkylation sites (tertiary alicyclic amines) is 1. The van der Waals surface area contributed by atoms with E-state index in [1.54, 1.807) is 0 Å². The van der Waals surface area contributed by atoms with Crippen LogP contribution in [-0.2, 0) is 9.59 Å². The van der Waals surface area contributed by atoms with Gasteiger partial charge in [-0.25, -0.2) is 4.79 Å². The van der Waals surface area contributed by atoms with Crippen molar-refractivity contribution in [2.75, 3.05) is 32.7 Å². The summed E-state index contributed by atoms with van der Waals surface area (Å²) >= 11 is 0. The van der Waals surface area contributed by atoms with E-state index in [0.717, 1.165) is 26.2 Å². The fourth-order valence-corrected chi connectivity index (χ4v) is 2.98. The molecule has 0 spiro atoms. The summed E-state index contributed by atoms with van der Waals surface area (Å²) in [4.78, 5) is 27.3. The zero-order chi connectivity index (χ0) is 14.9. The summed E-state index contributed by atoms with van der Waals surface area (Å²) in [6, 6.07) is -0.917. The number of piperazine rings is 1. The standard InChI is InChI=1S/C13H23N3O4/c1-13(2,15-5-3-14-4-6-15)12(20)16-8-9(17)7-10(16)11(18)19/h9-10,14,17H,3-8H2,1-2H3,(H,18,19)/t9?,10-/m0/s1. The number of β-amino-alcohol motifs (C(OH)–C–C–N with tert-alkyl or cyclic N) is 1. The van der Waals surface area contributed by atoms with Gasteiger partial charge >= 0.3 is 5.97 Å². The molecular weight excluding hydrogens is 262 g/mol. The van der Waals surface area contributed by atoms with Crippen molar-refractivity contribution in [1.29, 1.82) is 0 Å². The molecule has 2 heterocycles. The van der Waals surface area contributed by atoms with Crippen LogP contribution in [0.1, 0.15) is 20.3 Å². The van der Waals surface area contributed by atoms with Gasteiger partial charge in [0.15, 0.2) is 0 Å². The first-order valence-corrected chi connectivity index (χ1v) is 7.01. The van der Waals surface area contributed by atoms with Crippen LogP contribution in [0.25, 0.3) is 0 Å². The molecule has 1 unspecified atom stereocenters. The molecule has 0 bridgehead atoms. The van der Waals surface area contributed by atoms with Gasteiger partial charge in [-0.3, -0.25) is 9.69 Å². The quantitative estimate of drug-likeness (QED) is 0.598. The Labute approximate surface area is 118 Å². The Morgan fingerprint density at radius 1 is 1.25 bits per heavy atom. The molecule has 2 aliphatic rings. The van der Waals surface area contributed by atoms with Gasteiger partial charge in [-0.2, -0.15) is 0 Å². The van der Waals surface area contributed by atoms with Gasteiger partial charge in [0, 0.05) is 39.1 Å². The van der Waals surface area contributed by atoms with E-state index in [2.05, 4.69) is 10.2 Å². The summed E-state index contributed by atoms with van der Waals surface area (Å²) in [5, 5.41) is 22.1. The highest BCUT2D eigenvalue weighted by Gasteiger charge is 2.46. The smallest absolute Gasteiger partial charge is 0.326 e. The fraction of sp³-hybridized carbons (Fsp3) is 0.846. The summed E-state index contributed by atoms with van der Waals surface area (Å²) in [5.74, 6) is -1.27. The lowest BCUT2D eigenvalue weighted by Crippen LogP contribution is -2.61. The maximum absolute atomic E-state index is 12.7. The Bertz CT molecular complexity index is 393. The number of carbonyl (C=O) groups is 2. The Morgan fingerprint density at radius 2 is 1.85 bits per heavy atom. The van der Waals surface area contributed by atoms with E-state index < -0.39 is 23.7 Å². The van der Waals surface area contributed by atoms with Crippen LogP contribution >= 0.6 is 0 Å². The third-order valence-corrected chi connectivity index (χ3v) is 4.26.